The lowest BCUT2D eigenvalue weighted by Crippen LogP contribution is -2.60. The van der Waals surface area contributed by atoms with E-state index in [9.17, 15) is 14.7 Å². The van der Waals surface area contributed by atoms with Crippen LogP contribution in [0.1, 0.15) is 58.8 Å². The molecule has 30 heavy (non-hydrogen) atoms. The highest BCUT2D eigenvalue weighted by atomic mass is 16.7. The van der Waals surface area contributed by atoms with E-state index in [1.165, 1.54) is 0 Å². The molecule has 6 nitrogen and oxygen atoms in total. The van der Waals surface area contributed by atoms with E-state index >= 15 is 0 Å². The number of ketones is 2. The molecule has 6 heteroatoms. The normalized spacial score (nSPS) is 48.0. The van der Waals surface area contributed by atoms with Gasteiger partial charge in [-0.25, -0.2) is 0 Å². The van der Waals surface area contributed by atoms with Crippen molar-refractivity contribution >= 4 is 11.6 Å². The molecule has 0 bridgehead atoms. The van der Waals surface area contributed by atoms with Gasteiger partial charge in [0.2, 0.25) is 0 Å². The molecular weight excluding hydrogens is 380 g/mol. The van der Waals surface area contributed by atoms with Gasteiger partial charge in [0.1, 0.15) is 11.6 Å². The Labute approximate surface area is 179 Å². The summed E-state index contributed by atoms with van der Waals surface area (Å²) in [6, 6.07) is 0. The predicted octanol–water partition coefficient (Wildman–Crippen LogP) is 2.37. The molecule has 3 N–H and O–H groups in total. The lowest BCUT2D eigenvalue weighted by atomic mass is 9.43. The summed E-state index contributed by atoms with van der Waals surface area (Å²) in [5, 5.41) is 13.6. The van der Waals surface area contributed by atoms with Crippen molar-refractivity contribution in [3.8, 4) is 0 Å². The Morgan fingerprint density at radius 3 is 2.73 bits per heavy atom. The number of fused-ring (bicyclic) bond motifs is 5. The molecule has 0 spiro atoms. The Kier molecular flexibility index (Phi) is 5.11. The van der Waals surface area contributed by atoms with Crippen molar-refractivity contribution < 1.29 is 19.5 Å². The highest BCUT2D eigenvalue weighted by Gasteiger charge is 2.64. The van der Waals surface area contributed by atoms with Gasteiger partial charge in [0.15, 0.2) is 0 Å². The Morgan fingerprint density at radius 2 is 2.00 bits per heavy atom. The van der Waals surface area contributed by atoms with E-state index in [-0.39, 0.29) is 53.0 Å². The first-order chi connectivity index (χ1) is 14.4. The maximum absolute atomic E-state index is 13.7. The van der Waals surface area contributed by atoms with Gasteiger partial charge in [0.25, 0.3) is 0 Å². The van der Waals surface area contributed by atoms with Crippen molar-refractivity contribution in [3.05, 3.63) is 11.8 Å². The summed E-state index contributed by atoms with van der Waals surface area (Å²) in [5.41, 5.74) is 3.88. The summed E-state index contributed by atoms with van der Waals surface area (Å²) in [4.78, 5) is 32.2. The summed E-state index contributed by atoms with van der Waals surface area (Å²) in [7, 11) is 0. The third-order valence-corrected chi connectivity index (χ3v) is 9.60. The maximum atomic E-state index is 13.7. The van der Waals surface area contributed by atoms with E-state index in [0.717, 1.165) is 57.3 Å². The fraction of sp³-hybridized carbons (Fsp3) is 0.833. The van der Waals surface area contributed by atoms with E-state index in [1.807, 2.05) is 0 Å². The van der Waals surface area contributed by atoms with Gasteiger partial charge in [-0.1, -0.05) is 19.9 Å². The molecule has 0 aromatic carbocycles. The molecule has 0 aromatic heterocycles. The average Bonchev–Trinajstić information content (AvgIpc) is 3.36. The lowest BCUT2D eigenvalue weighted by Gasteiger charge is -2.59. The van der Waals surface area contributed by atoms with Crippen LogP contribution in [0.15, 0.2) is 11.8 Å². The molecular formula is C24H36N2O4. The minimum atomic E-state index is -0.375. The van der Waals surface area contributed by atoms with Crippen LogP contribution in [0.2, 0.25) is 0 Å². The number of nitrogens with one attached hydrogen (secondary N) is 2. The minimum Gasteiger partial charge on any atom is -0.396 e. The second kappa shape index (κ2) is 7.42. The van der Waals surface area contributed by atoms with Crippen molar-refractivity contribution in [2.45, 2.75) is 64.9 Å². The van der Waals surface area contributed by atoms with Gasteiger partial charge in [-0.05, 0) is 68.2 Å². The van der Waals surface area contributed by atoms with Crippen LogP contribution in [0, 0.1) is 40.4 Å². The van der Waals surface area contributed by atoms with E-state index in [4.69, 9.17) is 4.84 Å². The van der Waals surface area contributed by atoms with Gasteiger partial charge >= 0.3 is 0 Å². The summed E-state index contributed by atoms with van der Waals surface area (Å²) in [6.07, 6.45) is 8.58. The quantitative estimate of drug-likeness (QED) is 0.610. The van der Waals surface area contributed by atoms with Crippen molar-refractivity contribution in [2.24, 2.45) is 40.4 Å². The molecule has 5 aliphatic rings. The van der Waals surface area contributed by atoms with Crippen molar-refractivity contribution in [3.63, 3.8) is 0 Å². The van der Waals surface area contributed by atoms with Crippen molar-refractivity contribution in [1.29, 1.82) is 0 Å². The number of Topliss-reactive ketones (excluding diaryl/α,β-unsaturated/α-hetero) is 2. The number of carbonyl (C=O) groups is 2. The first kappa shape index (κ1) is 20.7. The molecule has 1 heterocycles. The van der Waals surface area contributed by atoms with Crippen LogP contribution in [-0.4, -0.2) is 42.5 Å². The summed E-state index contributed by atoms with van der Waals surface area (Å²) >= 11 is 0. The topological polar surface area (TPSA) is 87.7 Å². The van der Waals surface area contributed by atoms with Crippen LogP contribution in [0.25, 0.3) is 0 Å². The fourth-order valence-electron chi connectivity index (χ4n) is 7.72. The number of hydrogen-bond donors (Lipinski definition) is 3. The van der Waals surface area contributed by atoms with Crippen LogP contribution in [0.3, 0.4) is 0 Å². The van der Waals surface area contributed by atoms with Gasteiger partial charge in [-0.3, -0.25) is 19.9 Å². The van der Waals surface area contributed by atoms with Gasteiger partial charge in [-0.15, -0.1) is 0 Å². The van der Waals surface area contributed by atoms with Crippen molar-refractivity contribution in [2.75, 3.05) is 19.7 Å². The Morgan fingerprint density at radius 1 is 1.17 bits per heavy atom. The Bertz CT molecular complexity index is 760. The largest absolute Gasteiger partial charge is 0.396 e. The molecule has 166 valence electrons. The summed E-state index contributed by atoms with van der Waals surface area (Å²) < 4.78 is 0. The van der Waals surface area contributed by atoms with E-state index in [1.54, 1.807) is 0 Å². The van der Waals surface area contributed by atoms with Gasteiger partial charge in [0.05, 0.1) is 12.7 Å². The third kappa shape index (κ3) is 2.94. The highest BCUT2D eigenvalue weighted by molar-refractivity contribution is 5.91. The molecule has 0 aromatic rings. The monoisotopic (exact) mass is 416 g/mol. The maximum Gasteiger partial charge on any atom is 0.142 e. The number of rotatable bonds is 4. The van der Waals surface area contributed by atoms with E-state index in [2.05, 4.69) is 30.7 Å². The van der Waals surface area contributed by atoms with Gasteiger partial charge in [-0.2, -0.15) is 0 Å². The molecule has 2 unspecified atom stereocenters. The molecule has 1 aliphatic heterocycles. The molecule has 0 radical (unpaired) electrons. The number of aliphatic hydroxyl groups is 1. The fourth-order valence-corrected chi connectivity index (χ4v) is 7.72. The third-order valence-electron chi connectivity index (χ3n) is 9.60. The first-order valence-corrected chi connectivity index (χ1v) is 11.9. The molecule has 4 aliphatic carbocycles. The molecule has 8 atom stereocenters. The summed E-state index contributed by atoms with van der Waals surface area (Å²) in [5.74, 6) is 0.592. The van der Waals surface area contributed by atoms with Crippen LogP contribution >= 0.6 is 0 Å². The molecule has 0 amide bonds. The number of carbonyl (C=O) groups excluding carboxylic acids is 2. The second-order valence-electron chi connectivity index (χ2n) is 10.9. The zero-order valence-corrected chi connectivity index (χ0v) is 18.3. The molecule has 4 fully saturated rings. The standard InChI is InChI=1S/C24H36N2O4/c1-23-8-5-14(26-30-15-7-10-25-12-15)11-19(23)16(13-27)22(29)21-17-3-4-20(28)24(17,2)9-6-18(21)23/h11,15-19,21,25-27H,3-10,12-13H2,1-2H3/t15?,16-,17+,18+,19?,21+,23-,24+/m1/s1. The van der Waals surface area contributed by atoms with Gasteiger partial charge < -0.3 is 10.4 Å². The number of hydroxylamine groups is 1. The van der Waals surface area contributed by atoms with Crippen LogP contribution in [-0.2, 0) is 14.4 Å². The van der Waals surface area contributed by atoms with Crippen LogP contribution in [0.4, 0.5) is 0 Å². The van der Waals surface area contributed by atoms with Crippen LogP contribution < -0.4 is 10.8 Å². The summed E-state index contributed by atoms with van der Waals surface area (Å²) in [6.45, 7) is 6.16. The highest BCUT2D eigenvalue weighted by Crippen LogP contribution is 2.65. The molecule has 1 saturated heterocycles. The smallest absolute Gasteiger partial charge is 0.142 e. The van der Waals surface area contributed by atoms with E-state index < -0.39 is 0 Å². The Balaban J connectivity index is 1.42. The first-order valence-electron chi connectivity index (χ1n) is 11.9. The lowest BCUT2D eigenvalue weighted by molar-refractivity contribution is -0.162. The molecule has 5 rings (SSSR count). The number of hydrogen-bond acceptors (Lipinski definition) is 6. The van der Waals surface area contributed by atoms with E-state index in [0.29, 0.717) is 18.1 Å². The zero-order chi connectivity index (χ0) is 21.1. The zero-order valence-electron chi connectivity index (χ0n) is 18.3. The van der Waals surface area contributed by atoms with Gasteiger partial charge in [0, 0.05) is 35.9 Å². The predicted molar refractivity (Wildman–Crippen MR) is 112 cm³/mol. The average molecular weight is 417 g/mol. The second-order valence-corrected chi connectivity index (χ2v) is 10.9. The van der Waals surface area contributed by atoms with Crippen molar-refractivity contribution in [1.82, 2.24) is 10.8 Å². The Hall–Kier alpha value is -1.24. The minimum absolute atomic E-state index is 0.0148. The molecule has 3 saturated carbocycles. The van der Waals surface area contributed by atoms with Crippen LogP contribution in [0.5, 0.6) is 0 Å². The SMILES string of the molecule is C[C@]12CCC(NOC3CCNC3)=CC1[C@@H](CO)C(=O)[C@@H]1[C@@H]2CC[C@]2(C)C(=O)CC[C@@H]12. The number of allylic oxidation sites excluding steroid dienone is 2. The number of aliphatic hydroxyl groups excluding tert-OH is 1.